The van der Waals surface area contributed by atoms with Crippen molar-refractivity contribution in [2.75, 3.05) is 13.1 Å². The average molecular weight is 347 g/mol. The Kier molecular flexibility index (Phi) is 4.58. The van der Waals surface area contributed by atoms with Crippen LogP contribution in [0.2, 0.25) is 0 Å². The van der Waals surface area contributed by atoms with Crippen molar-refractivity contribution in [3.8, 4) is 0 Å². The van der Waals surface area contributed by atoms with Gasteiger partial charge in [-0.15, -0.1) is 0 Å². The molecule has 1 amide bonds. The molecule has 1 aromatic carbocycles. The average Bonchev–Trinajstić information content (AvgIpc) is 3.10. The number of fused-ring (bicyclic) bond motifs is 1. The summed E-state index contributed by atoms with van der Waals surface area (Å²) < 4.78 is 0. The van der Waals surface area contributed by atoms with Crippen LogP contribution in [0.15, 0.2) is 49.1 Å². The van der Waals surface area contributed by atoms with Gasteiger partial charge < -0.3 is 5.32 Å². The Hall–Kier alpha value is -2.86. The van der Waals surface area contributed by atoms with E-state index in [1.54, 1.807) is 24.8 Å². The fraction of sp³-hybridized carbons (Fsp3) is 0.300. The van der Waals surface area contributed by atoms with Crippen LogP contribution in [0, 0.1) is 6.92 Å². The largest absolute Gasteiger partial charge is 0.348 e. The number of carbonyl (C=O) groups is 1. The Morgan fingerprint density at radius 2 is 2.12 bits per heavy atom. The maximum atomic E-state index is 12.8. The summed E-state index contributed by atoms with van der Waals surface area (Å²) in [5.74, 6) is -0.0360. The summed E-state index contributed by atoms with van der Waals surface area (Å²) in [4.78, 5) is 27.9. The summed E-state index contributed by atoms with van der Waals surface area (Å²) >= 11 is 0. The van der Waals surface area contributed by atoms with Crippen molar-refractivity contribution in [2.45, 2.75) is 25.9 Å². The smallest absolute Gasteiger partial charge is 0.252 e. The summed E-state index contributed by atoms with van der Waals surface area (Å²) in [6.07, 6.45) is 7.88. The molecule has 1 saturated heterocycles. The van der Waals surface area contributed by atoms with Gasteiger partial charge in [0.25, 0.3) is 5.91 Å². The van der Waals surface area contributed by atoms with Crippen LogP contribution in [-0.4, -0.2) is 44.9 Å². The highest BCUT2D eigenvalue weighted by atomic mass is 16.1. The van der Waals surface area contributed by atoms with E-state index in [0.717, 1.165) is 48.2 Å². The number of pyridine rings is 1. The second-order valence-corrected chi connectivity index (χ2v) is 6.69. The SMILES string of the molecule is Cc1nccnc1CN1CCC(NC(=O)c2cccc3ccncc23)C1. The lowest BCUT2D eigenvalue weighted by Crippen LogP contribution is -2.37. The number of likely N-dealkylation sites (tertiary alicyclic amines) is 1. The van der Waals surface area contributed by atoms with Gasteiger partial charge in [-0.3, -0.25) is 24.6 Å². The lowest BCUT2D eigenvalue weighted by atomic mass is 10.1. The van der Waals surface area contributed by atoms with Crippen molar-refractivity contribution in [1.29, 1.82) is 0 Å². The number of aryl methyl sites for hydroxylation is 1. The maximum absolute atomic E-state index is 12.8. The first-order valence-electron chi connectivity index (χ1n) is 8.83. The van der Waals surface area contributed by atoms with E-state index in [2.05, 4.69) is 25.2 Å². The van der Waals surface area contributed by atoms with Crippen molar-refractivity contribution in [2.24, 2.45) is 0 Å². The summed E-state index contributed by atoms with van der Waals surface area (Å²) in [5.41, 5.74) is 2.64. The van der Waals surface area contributed by atoms with E-state index in [4.69, 9.17) is 0 Å². The maximum Gasteiger partial charge on any atom is 0.252 e. The monoisotopic (exact) mass is 347 g/mol. The second-order valence-electron chi connectivity index (χ2n) is 6.69. The van der Waals surface area contributed by atoms with Crippen molar-refractivity contribution in [1.82, 2.24) is 25.2 Å². The Morgan fingerprint density at radius 1 is 1.23 bits per heavy atom. The van der Waals surface area contributed by atoms with Crippen LogP contribution in [0.25, 0.3) is 10.8 Å². The van der Waals surface area contributed by atoms with Crippen molar-refractivity contribution in [3.05, 3.63) is 66.0 Å². The van der Waals surface area contributed by atoms with Crippen molar-refractivity contribution < 1.29 is 4.79 Å². The van der Waals surface area contributed by atoms with Crippen LogP contribution in [0.3, 0.4) is 0 Å². The van der Waals surface area contributed by atoms with E-state index >= 15 is 0 Å². The van der Waals surface area contributed by atoms with Gasteiger partial charge in [0.05, 0.1) is 11.4 Å². The molecule has 6 heteroatoms. The van der Waals surface area contributed by atoms with Gasteiger partial charge >= 0.3 is 0 Å². The zero-order chi connectivity index (χ0) is 17.9. The number of amides is 1. The molecule has 1 atom stereocenters. The van der Waals surface area contributed by atoms with E-state index < -0.39 is 0 Å². The molecule has 26 heavy (non-hydrogen) atoms. The minimum Gasteiger partial charge on any atom is -0.348 e. The Labute approximate surface area is 152 Å². The van der Waals surface area contributed by atoms with Crippen LogP contribution in [0.1, 0.15) is 28.2 Å². The molecule has 1 fully saturated rings. The molecule has 3 heterocycles. The van der Waals surface area contributed by atoms with E-state index in [-0.39, 0.29) is 11.9 Å². The molecule has 0 saturated carbocycles. The first kappa shape index (κ1) is 16.6. The molecule has 4 rings (SSSR count). The first-order chi connectivity index (χ1) is 12.7. The van der Waals surface area contributed by atoms with Crippen LogP contribution < -0.4 is 5.32 Å². The number of benzene rings is 1. The number of nitrogens with zero attached hydrogens (tertiary/aromatic N) is 4. The molecule has 0 aliphatic carbocycles. The van der Waals surface area contributed by atoms with Gasteiger partial charge in [-0.2, -0.15) is 0 Å². The van der Waals surface area contributed by atoms with Crippen LogP contribution >= 0.6 is 0 Å². The quantitative estimate of drug-likeness (QED) is 0.784. The zero-order valence-corrected chi connectivity index (χ0v) is 14.7. The molecular formula is C20H21N5O. The number of aromatic nitrogens is 3. The summed E-state index contributed by atoms with van der Waals surface area (Å²) in [5, 5.41) is 5.09. The molecule has 0 spiro atoms. The van der Waals surface area contributed by atoms with E-state index in [1.165, 1.54) is 0 Å². The fourth-order valence-electron chi connectivity index (χ4n) is 3.47. The van der Waals surface area contributed by atoms with Gasteiger partial charge in [0.15, 0.2) is 0 Å². The Bertz CT molecular complexity index is 937. The topological polar surface area (TPSA) is 71.0 Å². The van der Waals surface area contributed by atoms with Crippen LogP contribution in [0.5, 0.6) is 0 Å². The number of nitrogens with one attached hydrogen (secondary N) is 1. The highest BCUT2D eigenvalue weighted by Crippen LogP contribution is 2.19. The summed E-state index contributed by atoms with van der Waals surface area (Å²) in [6.45, 7) is 4.51. The predicted molar refractivity (Wildman–Crippen MR) is 99.7 cm³/mol. The molecule has 1 N–H and O–H groups in total. The van der Waals surface area contributed by atoms with Gasteiger partial charge in [0.1, 0.15) is 0 Å². The third-order valence-electron chi connectivity index (χ3n) is 4.89. The molecule has 1 aliphatic heterocycles. The highest BCUT2D eigenvalue weighted by molar-refractivity contribution is 6.06. The lowest BCUT2D eigenvalue weighted by molar-refractivity contribution is 0.0939. The highest BCUT2D eigenvalue weighted by Gasteiger charge is 2.25. The van der Waals surface area contributed by atoms with Crippen LogP contribution in [-0.2, 0) is 6.54 Å². The molecule has 0 radical (unpaired) electrons. The zero-order valence-electron chi connectivity index (χ0n) is 14.7. The van der Waals surface area contributed by atoms with Crippen LogP contribution in [0.4, 0.5) is 0 Å². The van der Waals surface area contributed by atoms with Gasteiger partial charge in [-0.05, 0) is 30.9 Å². The van der Waals surface area contributed by atoms with Crippen molar-refractivity contribution >= 4 is 16.7 Å². The molecule has 3 aromatic rings. The molecule has 6 nitrogen and oxygen atoms in total. The number of carbonyl (C=O) groups excluding carboxylic acids is 1. The molecule has 1 aliphatic rings. The summed E-state index contributed by atoms with van der Waals surface area (Å²) in [6, 6.07) is 7.83. The molecule has 2 aromatic heterocycles. The van der Waals surface area contributed by atoms with Gasteiger partial charge in [0.2, 0.25) is 0 Å². The molecule has 1 unspecified atom stereocenters. The van der Waals surface area contributed by atoms with Crippen molar-refractivity contribution in [3.63, 3.8) is 0 Å². The number of hydrogen-bond acceptors (Lipinski definition) is 5. The van der Waals surface area contributed by atoms with E-state index in [1.807, 2.05) is 31.2 Å². The predicted octanol–water partition coefficient (Wildman–Crippen LogP) is 2.34. The first-order valence-corrected chi connectivity index (χ1v) is 8.83. The second kappa shape index (κ2) is 7.17. The lowest BCUT2D eigenvalue weighted by Gasteiger charge is -2.17. The molecule has 0 bridgehead atoms. The normalized spacial score (nSPS) is 17.5. The Morgan fingerprint density at radius 3 is 3.00 bits per heavy atom. The van der Waals surface area contributed by atoms with Gasteiger partial charge in [-0.1, -0.05) is 12.1 Å². The third kappa shape index (κ3) is 3.41. The van der Waals surface area contributed by atoms with E-state index in [9.17, 15) is 4.79 Å². The minimum absolute atomic E-state index is 0.0360. The summed E-state index contributed by atoms with van der Waals surface area (Å²) in [7, 11) is 0. The molecule has 132 valence electrons. The van der Waals surface area contributed by atoms with Gasteiger partial charge in [-0.25, -0.2) is 0 Å². The van der Waals surface area contributed by atoms with Gasteiger partial charge in [0, 0.05) is 61.4 Å². The third-order valence-corrected chi connectivity index (χ3v) is 4.89. The molecular weight excluding hydrogens is 326 g/mol. The number of rotatable bonds is 4. The van der Waals surface area contributed by atoms with E-state index in [0.29, 0.717) is 5.56 Å². The standard InChI is InChI=1S/C20H21N5O/c1-14-19(23-9-8-22-14)13-25-10-6-16(12-25)24-20(26)17-4-2-3-15-5-7-21-11-18(15)17/h2-5,7-9,11,16H,6,10,12-13H2,1H3,(H,24,26). The number of hydrogen-bond donors (Lipinski definition) is 1. The fourth-order valence-corrected chi connectivity index (χ4v) is 3.47. The Balaban J connectivity index is 1.42. The minimum atomic E-state index is -0.0360.